The van der Waals surface area contributed by atoms with E-state index >= 15 is 0 Å². The van der Waals surface area contributed by atoms with Crippen LogP contribution in [0.3, 0.4) is 0 Å². The van der Waals surface area contributed by atoms with Crippen LogP contribution in [0.5, 0.6) is 5.75 Å². The molecular weight excluding hydrogens is 316 g/mol. The molecular formula is C21H30O4. The summed E-state index contributed by atoms with van der Waals surface area (Å²) in [6.07, 6.45) is 4.59. The summed E-state index contributed by atoms with van der Waals surface area (Å²) in [7, 11) is 1.47. The van der Waals surface area contributed by atoms with Crippen molar-refractivity contribution in [3.63, 3.8) is 0 Å². The second-order valence-corrected chi connectivity index (χ2v) is 8.86. The van der Waals surface area contributed by atoms with Crippen molar-refractivity contribution in [2.24, 2.45) is 11.3 Å². The van der Waals surface area contributed by atoms with Crippen LogP contribution < -0.4 is 0 Å². The van der Waals surface area contributed by atoms with Gasteiger partial charge in [-0.15, -0.1) is 0 Å². The van der Waals surface area contributed by atoms with Crippen LogP contribution >= 0.6 is 0 Å². The number of phenolic OH excluding ortho intramolecular Hbond substituents is 1. The van der Waals surface area contributed by atoms with Crippen LogP contribution in [0.25, 0.3) is 0 Å². The lowest BCUT2D eigenvalue weighted by Crippen LogP contribution is -2.52. The number of hydrogen-bond acceptors (Lipinski definition) is 4. The van der Waals surface area contributed by atoms with E-state index in [0.29, 0.717) is 5.56 Å². The molecule has 0 radical (unpaired) electrons. The van der Waals surface area contributed by atoms with Gasteiger partial charge in [0.25, 0.3) is 0 Å². The molecule has 1 fully saturated rings. The van der Waals surface area contributed by atoms with Crippen LogP contribution in [0.1, 0.15) is 70.1 Å². The maximum atomic E-state index is 12.5. The molecule has 3 atom stereocenters. The normalized spacial score (nSPS) is 31.8. The van der Waals surface area contributed by atoms with Crippen molar-refractivity contribution in [1.29, 1.82) is 0 Å². The van der Waals surface area contributed by atoms with E-state index in [4.69, 9.17) is 4.74 Å². The predicted molar refractivity (Wildman–Crippen MR) is 96.5 cm³/mol. The molecule has 0 bridgehead atoms. The summed E-state index contributed by atoms with van der Waals surface area (Å²) in [5.74, 6) is 0.212. The molecule has 0 spiro atoms. The molecule has 0 aromatic heterocycles. The maximum absolute atomic E-state index is 12.5. The smallest absolute Gasteiger partial charge is 0.311 e. The van der Waals surface area contributed by atoms with E-state index in [9.17, 15) is 15.0 Å². The van der Waals surface area contributed by atoms with Crippen LogP contribution in [0.2, 0.25) is 0 Å². The predicted octanol–water partition coefficient (Wildman–Crippen LogP) is 3.80. The molecule has 2 N–H and O–H groups in total. The van der Waals surface area contributed by atoms with Gasteiger partial charge >= 0.3 is 5.97 Å². The third-order valence-electron chi connectivity index (χ3n) is 6.78. The van der Waals surface area contributed by atoms with E-state index in [1.54, 1.807) is 13.8 Å². The van der Waals surface area contributed by atoms with Crippen molar-refractivity contribution < 1.29 is 19.7 Å². The average molecular weight is 346 g/mol. The standard InChI is InChI=1S/C21H30O4/c1-19(2,24)15-11-13-7-8-17-20(3,14(13)12-16(15)22)9-6-10-21(17,4)18(23)25-5/h11-12,17,22,24H,6-10H2,1-5H3/t17?,20-,21+/m1/s1. The Morgan fingerprint density at radius 1 is 1.28 bits per heavy atom. The van der Waals surface area contributed by atoms with Crippen molar-refractivity contribution in [3.05, 3.63) is 28.8 Å². The summed E-state index contributed by atoms with van der Waals surface area (Å²) in [6.45, 7) is 7.64. The van der Waals surface area contributed by atoms with Gasteiger partial charge in [0.05, 0.1) is 18.1 Å². The second kappa shape index (κ2) is 5.73. The number of aryl methyl sites for hydroxylation is 1. The Bertz CT molecular complexity index is 703. The number of carbonyl (C=O) groups is 1. The quantitative estimate of drug-likeness (QED) is 0.799. The highest BCUT2D eigenvalue weighted by atomic mass is 16.5. The summed E-state index contributed by atoms with van der Waals surface area (Å²) in [5, 5.41) is 20.9. The Kier molecular flexibility index (Phi) is 4.18. The third-order valence-corrected chi connectivity index (χ3v) is 6.78. The van der Waals surface area contributed by atoms with E-state index in [0.717, 1.165) is 37.7 Å². The van der Waals surface area contributed by atoms with Gasteiger partial charge in [-0.2, -0.15) is 0 Å². The molecule has 138 valence electrons. The van der Waals surface area contributed by atoms with Gasteiger partial charge in [0.15, 0.2) is 0 Å². The molecule has 1 aromatic carbocycles. The number of hydrogen-bond donors (Lipinski definition) is 2. The molecule has 2 aliphatic rings. The van der Waals surface area contributed by atoms with Gasteiger partial charge in [-0.25, -0.2) is 0 Å². The number of aromatic hydroxyl groups is 1. The number of ether oxygens (including phenoxy) is 1. The number of esters is 1. The highest BCUT2D eigenvalue weighted by Crippen LogP contribution is 2.58. The van der Waals surface area contributed by atoms with Crippen molar-refractivity contribution in [2.45, 2.75) is 70.8 Å². The first-order valence-electron chi connectivity index (χ1n) is 9.21. The monoisotopic (exact) mass is 346 g/mol. The van der Waals surface area contributed by atoms with Crippen LogP contribution in [0.4, 0.5) is 0 Å². The molecule has 0 amide bonds. The zero-order valence-electron chi connectivity index (χ0n) is 16.0. The number of fused-ring (bicyclic) bond motifs is 3. The van der Waals surface area contributed by atoms with Crippen molar-refractivity contribution in [1.82, 2.24) is 0 Å². The maximum Gasteiger partial charge on any atom is 0.311 e. The molecule has 0 aliphatic heterocycles. The minimum Gasteiger partial charge on any atom is -0.508 e. The Morgan fingerprint density at radius 3 is 2.56 bits per heavy atom. The van der Waals surface area contributed by atoms with Gasteiger partial charge in [0.1, 0.15) is 5.75 Å². The van der Waals surface area contributed by atoms with E-state index in [-0.39, 0.29) is 23.1 Å². The minimum absolute atomic E-state index is 0.121. The van der Waals surface area contributed by atoms with Crippen LogP contribution in [0.15, 0.2) is 12.1 Å². The largest absolute Gasteiger partial charge is 0.508 e. The fourth-order valence-corrected chi connectivity index (χ4v) is 5.47. The highest BCUT2D eigenvalue weighted by molar-refractivity contribution is 5.77. The van der Waals surface area contributed by atoms with Gasteiger partial charge in [0, 0.05) is 5.56 Å². The molecule has 0 heterocycles. The highest BCUT2D eigenvalue weighted by Gasteiger charge is 2.55. The van der Waals surface area contributed by atoms with Crippen molar-refractivity contribution >= 4 is 5.97 Å². The Hall–Kier alpha value is -1.55. The van der Waals surface area contributed by atoms with Gasteiger partial charge in [-0.05, 0) is 81.0 Å². The van der Waals surface area contributed by atoms with E-state index in [2.05, 4.69) is 6.92 Å². The van der Waals surface area contributed by atoms with Crippen molar-refractivity contribution in [3.8, 4) is 5.75 Å². The lowest BCUT2D eigenvalue weighted by molar-refractivity contribution is -0.161. The third kappa shape index (κ3) is 2.66. The number of benzene rings is 1. The molecule has 0 saturated heterocycles. The minimum atomic E-state index is -1.08. The number of methoxy groups -OCH3 is 1. The fraction of sp³-hybridized carbons (Fsp3) is 0.667. The summed E-state index contributed by atoms with van der Waals surface area (Å²) < 4.78 is 5.14. The number of aliphatic hydroxyl groups is 1. The van der Waals surface area contributed by atoms with Crippen LogP contribution in [-0.4, -0.2) is 23.3 Å². The molecule has 25 heavy (non-hydrogen) atoms. The second-order valence-electron chi connectivity index (χ2n) is 8.86. The number of carbonyl (C=O) groups excluding carboxylic acids is 1. The molecule has 4 heteroatoms. The van der Waals surface area contributed by atoms with Crippen LogP contribution in [-0.2, 0) is 27.0 Å². The fourth-order valence-electron chi connectivity index (χ4n) is 5.47. The number of phenols is 1. The van der Waals surface area contributed by atoms with Crippen LogP contribution in [0, 0.1) is 11.3 Å². The molecule has 1 aromatic rings. The zero-order valence-corrected chi connectivity index (χ0v) is 16.0. The molecule has 1 unspecified atom stereocenters. The number of rotatable bonds is 2. The molecule has 2 aliphatic carbocycles. The van der Waals surface area contributed by atoms with Gasteiger partial charge < -0.3 is 14.9 Å². The first kappa shape index (κ1) is 18.2. The van der Waals surface area contributed by atoms with E-state index in [1.807, 2.05) is 19.1 Å². The average Bonchev–Trinajstić information content (AvgIpc) is 2.53. The topological polar surface area (TPSA) is 66.8 Å². The Morgan fingerprint density at radius 2 is 1.96 bits per heavy atom. The SMILES string of the molecule is COC(=O)[C@@]1(C)CCC[C@]2(C)c3cc(O)c(C(C)(C)O)cc3CCC12. The zero-order chi connectivity index (χ0) is 18.6. The van der Waals surface area contributed by atoms with E-state index < -0.39 is 11.0 Å². The Balaban J connectivity index is 2.12. The Labute approximate surface area is 150 Å². The summed E-state index contributed by atoms with van der Waals surface area (Å²) in [6, 6.07) is 3.79. The molecule has 4 nitrogen and oxygen atoms in total. The summed E-state index contributed by atoms with van der Waals surface area (Å²) in [5.41, 5.74) is 1.16. The van der Waals surface area contributed by atoms with Crippen molar-refractivity contribution in [2.75, 3.05) is 7.11 Å². The summed E-state index contributed by atoms with van der Waals surface area (Å²) in [4.78, 5) is 12.5. The van der Waals surface area contributed by atoms with Gasteiger partial charge in [-0.1, -0.05) is 13.3 Å². The van der Waals surface area contributed by atoms with Gasteiger partial charge in [0.2, 0.25) is 0 Å². The van der Waals surface area contributed by atoms with E-state index in [1.165, 1.54) is 12.7 Å². The first-order valence-corrected chi connectivity index (χ1v) is 9.21. The lowest BCUT2D eigenvalue weighted by atomic mass is 9.49. The summed E-state index contributed by atoms with van der Waals surface area (Å²) >= 11 is 0. The van der Waals surface area contributed by atoms with Gasteiger partial charge in [-0.3, -0.25) is 4.79 Å². The lowest BCUT2D eigenvalue weighted by Gasteiger charge is -2.54. The first-order chi connectivity index (χ1) is 11.5. The molecule has 3 rings (SSSR count). The molecule has 1 saturated carbocycles.